The topological polar surface area (TPSA) is 86.3 Å². The molecule has 104 valence electrons. The Labute approximate surface area is 111 Å². The molecule has 0 radical (unpaired) electrons. The fourth-order valence-electron chi connectivity index (χ4n) is 1.80. The first-order chi connectivity index (χ1) is 9.10. The predicted octanol–water partition coefficient (Wildman–Crippen LogP) is 0.773. The zero-order valence-electron chi connectivity index (χ0n) is 11.0. The monoisotopic (exact) mass is 265 g/mol. The van der Waals surface area contributed by atoms with E-state index in [1.165, 1.54) is 12.8 Å². The number of nitrogens with zero attached hydrogens (tertiary/aromatic N) is 1. The molecule has 1 aromatic rings. The molecule has 1 aliphatic rings. The molecule has 6 nitrogen and oxygen atoms in total. The fraction of sp³-hybridized carbons (Fsp3) is 0.538. The van der Waals surface area contributed by atoms with Crippen LogP contribution >= 0.6 is 0 Å². The van der Waals surface area contributed by atoms with Crippen LogP contribution in [0.25, 0.3) is 0 Å². The Bertz CT molecular complexity index is 477. The van der Waals surface area contributed by atoms with Crippen LogP contribution in [-0.2, 0) is 16.1 Å². The molecule has 1 aliphatic carbocycles. The summed E-state index contributed by atoms with van der Waals surface area (Å²) in [4.78, 5) is 23.3. The highest BCUT2D eigenvalue weighted by atomic mass is 16.5. The Kier molecular flexibility index (Phi) is 4.09. The molecule has 0 unspecified atom stereocenters. The first kappa shape index (κ1) is 13.5. The smallest absolute Gasteiger partial charge is 0.355 e. The molecular weight excluding hydrogens is 246 g/mol. The number of carbonyl (C=O) groups excluding carboxylic acids is 2. The Morgan fingerprint density at radius 2 is 2.26 bits per heavy atom. The number of aryl methyl sites for hydroxylation is 1. The van der Waals surface area contributed by atoms with E-state index in [0.29, 0.717) is 30.4 Å². The lowest BCUT2D eigenvalue weighted by molar-refractivity contribution is -0.124. The molecule has 1 amide bonds. The van der Waals surface area contributed by atoms with Gasteiger partial charge in [-0.2, -0.15) is 0 Å². The van der Waals surface area contributed by atoms with Crippen molar-refractivity contribution in [1.29, 1.82) is 0 Å². The first-order valence-electron chi connectivity index (χ1n) is 6.49. The van der Waals surface area contributed by atoms with Gasteiger partial charge in [0.1, 0.15) is 5.69 Å². The molecule has 0 saturated heterocycles. The average Bonchev–Trinajstić information content (AvgIpc) is 3.15. The number of anilines is 1. The molecule has 6 heteroatoms. The van der Waals surface area contributed by atoms with E-state index in [1.807, 2.05) is 6.92 Å². The van der Waals surface area contributed by atoms with Crippen molar-refractivity contribution in [2.45, 2.75) is 26.3 Å². The van der Waals surface area contributed by atoms with Gasteiger partial charge < -0.3 is 20.4 Å². The molecule has 1 aromatic heterocycles. The highest BCUT2D eigenvalue weighted by Crippen LogP contribution is 2.27. The number of carbonyl (C=O) groups is 2. The largest absolute Gasteiger partial charge is 0.451 e. The zero-order valence-corrected chi connectivity index (χ0v) is 11.0. The Balaban J connectivity index is 1.80. The van der Waals surface area contributed by atoms with Gasteiger partial charge in [0.2, 0.25) is 0 Å². The van der Waals surface area contributed by atoms with Gasteiger partial charge in [0.05, 0.1) is 5.69 Å². The van der Waals surface area contributed by atoms with Crippen LogP contribution in [0.4, 0.5) is 5.69 Å². The molecule has 1 fully saturated rings. The highest BCUT2D eigenvalue weighted by Gasteiger charge is 2.22. The minimum atomic E-state index is -0.528. The van der Waals surface area contributed by atoms with Crippen LogP contribution in [0.1, 0.15) is 30.3 Å². The third kappa shape index (κ3) is 3.74. The third-order valence-electron chi connectivity index (χ3n) is 3.09. The molecule has 0 spiro atoms. The number of hydrogen-bond acceptors (Lipinski definition) is 4. The van der Waals surface area contributed by atoms with E-state index in [2.05, 4.69) is 5.32 Å². The average molecular weight is 265 g/mol. The highest BCUT2D eigenvalue weighted by molar-refractivity contribution is 5.91. The van der Waals surface area contributed by atoms with Crippen LogP contribution < -0.4 is 11.1 Å². The van der Waals surface area contributed by atoms with Gasteiger partial charge in [-0.15, -0.1) is 0 Å². The van der Waals surface area contributed by atoms with Gasteiger partial charge in [0.15, 0.2) is 6.61 Å². The summed E-state index contributed by atoms with van der Waals surface area (Å²) >= 11 is 0. The van der Waals surface area contributed by atoms with Gasteiger partial charge >= 0.3 is 5.97 Å². The van der Waals surface area contributed by atoms with E-state index in [4.69, 9.17) is 10.5 Å². The van der Waals surface area contributed by atoms with Gasteiger partial charge in [0.25, 0.3) is 5.91 Å². The second kappa shape index (κ2) is 5.77. The number of aromatic nitrogens is 1. The Morgan fingerprint density at radius 1 is 1.53 bits per heavy atom. The second-order valence-corrected chi connectivity index (χ2v) is 4.77. The lowest BCUT2D eigenvalue weighted by Gasteiger charge is -2.07. The van der Waals surface area contributed by atoms with Crippen molar-refractivity contribution in [1.82, 2.24) is 9.88 Å². The minimum Gasteiger partial charge on any atom is -0.451 e. The molecule has 1 saturated carbocycles. The molecule has 0 bridgehead atoms. The summed E-state index contributed by atoms with van der Waals surface area (Å²) in [6.07, 6.45) is 4.01. The van der Waals surface area contributed by atoms with Crippen molar-refractivity contribution in [3.05, 3.63) is 18.0 Å². The van der Waals surface area contributed by atoms with Crippen LogP contribution in [0.2, 0.25) is 0 Å². The van der Waals surface area contributed by atoms with E-state index in [9.17, 15) is 9.59 Å². The predicted molar refractivity (Wildman–Crippen MR) is 70.5 cm³/mol. The number of nitrogens with one attached hydrogen (secondary N) is 1. The van der Waals surface area contributed by atoms with E-state index in [1.54, 1.807) is 16.8 Å². The van der Waals surface area contributed by atoms with Crippen molar-refractivity contribution in [3.8, 4) is 0 Å². The summed E-state index contributed by atoms with van der Waals surface area (Å²) in [5.74, 6) is -0.181. The number of ether oxygens (including phenoxy) is 1. The Hall–Kier alpha value is -1.98. The number of nitrogen functional groups attached to an aromatic ring is 1. The number of hydrogen-bond donors (Lipinski definition) is 2. The van der Waals surface area contributed by atoms with Crippen LogP contribution in [0, 0.1) is 5.92 Å². The van der Waals surface area contributed by atoms with Crippen molar-refractivity contribution in [2.24, 2.45) is 5.92 Å². The van der Waals surface area contributed by atoms with Gasteiger partial charge in [-0.1, -0.05) is 0 Å². The quantitative estimate of drug-likeness (QED) is 0.744. The summed E-state index contributed by atoms with van der Waals surface area (Å²) in [5, 5.41) is 2.74. The van der Waals surface area contributed by atoms with E-state index >= 15 is 0 Å². The van der Waals surface area contributed by atoms with E-state index < -0.39 is 5.97 Å². The van der Waals surface area contributed by atoms with Gasteiger partial charge in [-0.25, -0.2) is 4.79 Å². The molecule has 3 N–H and O–H groups in total. The lowest BCUT2D eigenvalue weighted by Crippen LogP contribution is -2.30. The van der Waals surface area contributed by atoms with Crippen molar-refractivity contribution in [3.63, 3.8) is 0 Å². The standard InChI is InChI=1S/C13H19N3O3/c1-2-16-7-10(14)5-11(16)13(18)19-8-12(17)15-6-9-3-4-9/h5,7,9H,2-4,6,8,14H2,1H3,(H,15,17). The summed E-state index contributed by atoms with van der Waals surface area (Å²) in [5.41, 5.74) is 6.51. The van der Waals surface area contributed by atoms with Gasteiger partial charge in [0, 0.05) is 19.3 Å². The van der Waals surface area contributed by atoms with Crippen LogP contribution in [0.5, 0.6) is 0 Å². The molecular formula is C13H19N3O3. The maximum absolute atomic E-state index is 11.8. The molecule has 1 heterocycles. The summed E-state index contributed by atoms with van der Waals surface area (Å²) in [6.45, 7) is 2.95. The van der Waals surface area contributed by atoms with Crippen molar-refractivity contribution < 1.29 is 14.3 Å². The SMILES string of the molecule is CCn1cc(N)cc1C(=O)OCC(=O)NCC1CC1. The molecule has 19 heavy (non-hydrogen) atoms. The summed E-state index contributed by atoms with van der Waals surface area (Å²) in [7, 11) is 0. The van der Waals surface area contributed by atoms with Crippen LogP contribution in [-0.4, -0.2) is 29.6 Å². The molecule has 0 aromatic carbocycles. The fourth-order valence-corrected chi connectivity index (χ4v) is 1.80. The van der Waals surface area contributed by atoms with Crippen molar-refractivity contribution in [2.75, 3.05) is 18.9 Å². The molecule has 0 atom stereocenters. The van der Waals surface area contributed by atoms with Gasteiger partial charge in [-0.05, 0) is 31.7 Å². The second-order valence-electron chi connectivity index (χ2n) is 4.77. The Morgan fingerprint density at radius 3 is 2.89 bits per heavy atom. The lowest BCUT2D eigenvalue weighted by atomic mass is 10.4. The zero-order chi connectivity index (χ0) is 13.8. The molecule has 2 rings (SSSR count). The van der Waals surface area contributed by atoms with E-state index in [-0.39, 0.29) is 12.5 Å². The van der Waals surface area contributed by atoms with Gasteiger partial charge in [-0.3, -0.25) is 4.79 Å². The number of esters is 1. The third-order valence-corrected chi connectivity index (χ3v) is 3.09. The minimum absolute atomic E-state index is 0.250. The number of nitrogens with two attached hydrogens (primary N) is 1. The first-order valence-corrected chi connectivity index (χ1v) is 6.49. The summed E-state index contributed by atoms with van der Waals surface area (Å²) in [6, 6.07) is 1.55. The number of amides is 1. The number of rotatable bonds is 6. The van der Waals surface area contributed by atoms with Crippen LogP contribution in [0.3, 0.4) is 0 Å². The van der Waals surface area contributed by atoms with Crippen molar-refractivity contribution >= 4 is 17.6 Å². The maximum atomic E-state index is 11.8. The molecule has 0 aliphatic heterocycles. The maximum Gasteiger partial charge on any atom is 0.355 e. The summed E-state index contributed by atoms with van der Waals surface area (Å²) < 4.78 is 6.67. The van der Waals surface area contributed by atoms with E-state index in [0.717, 1.165) is 0 Å². The van der Waals surface area contributed by atoms with Crippen LogP contribution in [0.15, 0.2) is 12.3 Å². The normalized spacial score (nSPS) is 14.2.